The largest absolute Gasteiger partial charge is 0.497 e. The van der Waals surface area contributed by atoms with Crippen molar-refractivity contribution in [1.29, 1.82) is 0 Å². The fourth-order valence-electron chi connectivity index (χ4n) is 5.88. The number of fused-ring (bicyclic) bond motifs is 2. The number of halogens is 6. The Morgan fingerprint density at radius 1 is 1.00 bits per heavy atom. The zero-order valence-corrected chi connectivity index (χ0v) is 29.5. The number of anilines is 1. The standard InChI is InChI=1S/C34H27ClF5N7O6S/c1-46-28-25(9-8-23(35)27(28)30(44-46)45-54(51,52)12-11-17-3-5-21(53-2)6-4-17)47-31(24(41-33(49)50)15-18-13-19(36)16-20(37)14-18)43-29-22(32(47)48)7-10-26(42-29)34(38,39)40/h3-10,13-14,16,24,41H,11-12,15H2,1-2H3,(H,44,45)(H,49,50)/t24-/m0/s1. The van der Waals surface area contributed by atoms with Crippen LogP contribution >= 0.6 is 11.6 Å². The predicted molar refractivity (Wildman–Crippen MR) is 187 cm³/mol. The second kappa shape index (κ2) is 14.5. The summed E-state index contributed by atoms with van der Waals surface area (Å²) >= 11 is 6.59. The number of hydrogen-bond donors (Lipinski definition) is 3. The highest BCUT2D eigenvalue weighted by Crippen LogP contribution is 2.36. The Balaban J connectivity index is 1.53. The van der Waals surface area contributed by atoms with Crippen LogP contribution in [0.4, 0.5) is 32.6 Å². The van der Waals surface area contributed by atoms with E-state index >= 15 is 0 Å². The summed E-state index contributed by atoms with van der Waals surface area (Å²) in [6.45, 7) is 0. The summed E-state index contributed by atoms with van der Waals surface area (Å²) in [6, 6.07) is 11.5. The summed E-state index contributed by atoms with van der Waals surface area (Å²) in [5.41, 5.74) is -2.61. The van der Waals surface area contributed by atoms with E-state index in [1.54, 1.807) is 24.3 Å². The van der Waals surface area contributed by atoms with Crippen molar-refractivity contribution in [2.24, 2.45) is 7.05 Å². The van der Waals surface area contributed by atoms with Gasteiger partial charge in [-0.25, -0.2) is 32.0 Å². The monoisotopic (exact) mass is 791 g/mol. The van der Waals surface area contributed by atoms with Gasteiger partial charge in [0.2, 0.25) is 10.0 Å². The zero-order valence-electron chi connectivity index (χ0n) is 28.0. The Morgan fingerprint density at radius 3 is 2.31 bits per heavy atom. The van der Waals surface area contributed by atoms with Crippen molar-refractivity contribution in [3.05, 3.63) is 116 Å². The first kappa shape index (κ1) is 37.9. The Morgan fingerprint density at radius 2 is 1.69 bits per heavy atom. The molecule has 0 fully saturated rings. The summed E-state index contributed by atoms with van der Waals surface area (Å²) in [5.74, 6) is -2.56. The van der Waals surface area contributed by atoms with Crippen molar-refractivity contribution < 1.29 is 45.0 Å². The summed E-state index contributed by atoms with van der Waals surface area (Å²) in [6.07, 6.45) is -7.05. The molecule has 1 atom stereocenters. The highest BCUT2D eigenvalue weighted by atomic mass is 35.5. The van der Waals surface area contributed by atoms with E-state index in [1.165, 1.54) is 31.0 Å². The SMILES string of the molecule is COc1ccc(CCS(=O)(=O)Nc2nn(C)c3c(-n4c([C@H](Cc5cc(F)cc(F)c5)NC(=O)O)nc5nc(C(F)(F)F)ccc5c4=O)ccc(Cl)c23)cc1. The number of sulfonamides is 1. The first-order valence-electron chi connectivity index (χ1n) is 15.7. The number of nitrogens with one attached hydrogen (secondary N) is 2. The molecule has 0 unspecified atom stereocenters. The summed E-state index contributed by atoms with van der Waals surface area (Å²) in [5, 5.41) is 15.8. The molecule has 20 heteroatoms. The van der Waals surface area contributed by atoms with Crippen molar-refractivity contribution in [2.45, 2.75) is 25.1 Å². The number of methoxy groups -OCH3 is 1. The summed E-state index contributed by atoms with van der Waals surface area (Å²) in [7, 11) is -1.19. The quantitative estimate of drug-likeness (QED) is 0.130. The molecule has 1 amide bonds. The molecule has 0 saturated carbocycles. The molecule has 3 N–H and O–H groups in total. The Bertz CT molecular complexity index is 2580. The molecule has 0 spiro atoms. The van der Waals surface area contributed by atoms with Crippen LogP contribution in [0.2, 0.25) is 5.02 Å². The molecule has 0 saturated heterocycles. The highest BCUT2D eigenvalue weighted by molar-refractivity contribution is 7.92. The smallest absolute Gasteiger partial charge is 0.433 e. The van der Waals surface area contributed by atoms with Crippen LogP contribution in [0.15, 0.2) is 71.5 Å². The maximum absolute atomic E-state index is 14.3. The van der Waals surface area contributed by atoms with Crippen molar-refractivity contribution in [3.63, 3.8) is 0 Å². The number of ether oxygens (including phenoxy) is 1. The Hall–Kier alpha value is -5.82. The molecular weight excluding hydrogens is 765 g/mol. The van der Waals surface area contributed by atoms with E-state index < -0.39 is 74.5 Å². The molecule has 3 aromatic carbocycles. The van der Waals surface area contributed by atoms with Crippen LogP contribution in [0, 0.1) is 11.6 Å². The molecule has 6 aromatic rings. The van der Waals surface area contributed by atoms with Gasteiger partial charge in [0.1, 0.15) is 28.9 Å². The van der Waals surface area contributed by atoms with Crippen molar-refractivity contribution in [3.8, 4) is 11.4 Å². The first-order valence-corrected chi connectivity index (χ1v) is 17.7. The number of carbonyl (C=O) groups is 1. The van der Waals surface area contributed by atoms with Crippen LogP contribution in [0.3, 0.4) is 0 Å². The molecule has 3 aromatic heterocycles. The maximum atomic E-state index is 14.3. The van der Waals surface area contributed by atoms with Crippen LogP contribution in [-0.2, 0) is 36.1 Å². The second-order valence-electron chi connectivity index (χ2n) is 11.9. The van der Waals surface area contributed by atoms with E-state index in [1.807, 2.05) is 0 Å². The number of carboxylic acid groups (broad SMARTS) is 1. The lowest BCUT2D eigenvalue weighted by molar-refractivity contribution is -0.141. The molecule has 6 rings (SSSR count). The normalized spacial score (nSPS) is 12.6. The number of amides is 1. The molecule has 0 aliphatic rings. The van der Waals surface area contributed by atoms with Crippen LogP contribution in [-0.4, -0.2) is 56.8 Å². The minimum absolute atomic E-state index is 0.00289. The van der Waals surface area contributed by atoms with Gasteiger partial charge in [-0.1, -0.05) is 23.7 Å². The number of nitrogens with zero attached hydrogens (tertiary/aromatic N) is 5. The van der Waals surface area contributed by atoms with Crippen LogP contribution in [0.25, 0.3) is 27.6 Å². The molecule has 0 radical (unpaired) electrons. The van der Waals surface area contributed by atoms with E-state index in [-0.39, 0.29) is 45.2 Å². The molecular formula is C34H27ClF5N7O6S. The van der Waals surface area contributed by atoms with Gasteiger partial charge >= 0.3 is 12.3 Å². The van der Waals surface area contributed by atoms with Gasteiger partial charge < -0.3 is 15.2 Å². The predicted octanol–water partition coefficient (Wildman–Crippen LogP) is 6.16. The van der Waals surface area contributed by atoms with E-state index in [0.29, 0.717) is 23.4 Å². The van der Waals surface area contributed by atoms with Gasteiger partial charge in [0.15, 0.2) is 11.5 Å². The number of alkyl halides is 3. The number of benzene rings is 3. The molecule has 0 bridgehead atoms. The molecule has 3 heterocycles. The van der Waals surface area contributed by atoms with E-state index in [9.17, 15) is 45.1 Å². The molecule has 13 nitrogen and oxygen atoms in total. The number of aromatic nitrogens is 5. The molecule has 0 aliphatic carbocycles. The third kappa shape index (κ3) is 7.91. The molecule has 0 aliphatic heterocycles. The van der Waals surface area contributed by atoms with E-state index in [2.05, 4.69) is 25.1 Å². The lowest BCUT2D eigenvalue weighted by atomic mass is 10.0. The van der Waals surface area contributed by atoms with Gasteiger partial charge in [-0.15, -0.1) is 0 Å². The van der Waals surface area contributed by atoms with Crippen molar-refractivity contribution in [2.75, 3.05) is 17.6 Å². The highest BCUT2D eigenvalue weighted by Gasteiger charge is 2.34. The zero-order chi connectivity index (χ0) is 39.1. The third-order valence-electron chi connectivity index (χ3n) is 8.25. The fourth-order valence-corrected chi connectivity index (χ4v) is 7.17. The van der Waals surface area contributed by atoms with E-state index in [4.69, 9.17) is 16.3 Å². The van der Waals surface area contributed by atoms with Crippen LogP contribution < -0.4 is 20.3 Å². The number of hydrogen-bond acceptors (Lipinski definition) is 8. The number of rotatable bonds is 11. The minimum Gasteiger partial charge on any atom is -0.497 e. The second-order valence-corrected chi connectivity index (χ2v) is 14.2. The van der Waals surface area contributed by atoms with Gasteiger partial charge in [-0.3, -0.25) is 18.8 Å². The minimum atomic E-state index is -4.95. The van der Waals surface area contributed by atoms with Crippen LogP contribution in [0.1, 0.15) is 28.7 Å². The average molecular weight is 792 g/mol. The topological polar surface area (TPSA) is 170 Å². The molecule has 282 valence electrons. The van der Waals surface area contributed by atoms with Gasteiger partial charge in [0.05, 0.1) is 45.9 Å². The molecule has 54 heavy (non-hydrogen) atoms. The maximum Gasteiger partial charge on any atom is 0.433 e. The van der Waals surface area contributed by atoms with Gasteiger partial charge in [0, 0.05) is 19.5 Å². The van der Waals surface area contributed by atoms with Gasteiger partial charge in [0.25, 0.3) is 5.56 Å². The summed E-state index contributed by atoms with van der Waals surface area (Å²) in [4.78, 5) is 34.1. The number of pyridine rings is 1. The van der Waals surface area contributed by atoms with Gasteiger partial charge in [-0.05, 0) is 66.1 Å². The Kier molecular flexibility index (Phi) is 10.2. The summed E-state index contributed by atoms with van der Waals surface area (Å²) < 4.78 is 106. The number of aryl methyl sites for hydroxylation is 2. The van der Waals surface area contributed by atoms with Crippen molar-refractivity contribution >= 4 is 55.5 Å². The fraction of sp³-hybridized carbons (Fsp3) is 0.206. The van der Waals surface area contributed by atoms with E-state index in [0.717, 1.165) is 22.8 Å². The lowest BCUT2D eigenvalue weighted by Crippen LogP contribution is -2.35. The van der Waals surface area contributed by atoms with Gasteiger partial charge in [-0.2, -0.15) is 18.3 Å². The lowest BCUT2D eigenvalue weighted by Gasteiger charge is -2.22. The average Bonchev–Trinajstić information content (AvgIpc) is 3.41. The first-order chi connectivity index (χ1) is 25.4. The Labute approximate surface area is 307 Å². The third-order valence-corrected chi connectivity index (χ3v) is 9.81. The van der Waals surface area contributed by atoms with Crippen LogP contribution in [0.5, 0.6) is 5.75 Å². The van der Waals surface area contributed by atoms with Crippen molar-refractivity contribution in [1.82, 2.24) is 29.6 Å².